The van der Waals surface area contributed by atoms with Crippen LogP contribution in [0.3, 0.4) is 0 Å². The molecule has 2 aromatic carbocycles. The van der Waals surface area contributed by atoms with Crippen LogP contribution in [0.15, 0.2) is 61.1 Å². The Morgan fingerprint density at radius 3 is 2.83 bits per heavy atom. The van der Waals surface area contributed by atoms with Crippen molar-refractivity contribution in [2.24, 2.45) is 0 Å². The molecule has 1 atom stereocenters. The summed E-state index contributed by atoms with van der Waals surface area (Å²) >= 11 is 0. The molecule has 1 aliphatic heterocycles. The average molecular weight is 388 g/mol. The fraction of sp³-hybridized carbons (Fsp3) is 0.227. The van der Waals surface area contributed by atoms with Crippen molar-refractivity contribution >= 4 is 11.2 Å². The van der Waals surface area contributed by atoms with Crippen LogP contribution < -0.4 is 9.47 Å². The van der Waals surface area contributed by atoms with Gasteiger partial charge in [0.1, 0.15) is 41.9 Å². The predicted molar refractivity (Wildman–Crippen MR) is 108 cm³/mol. The Balaban J connectivity index is 1.46. The molecule has 29 heavy (non-hydrogen) atoms. The monoisotopic (exact) mass is 388 g/mol. The van der Waals surface area contributed by atoms with E-state index in [1.165, 1.54) is 6.33 Å². The largest absolute Gasteiger partial charge is 0.489 e. The third-order valence-corrected chi connectivity index (χ3v) is 4.75. The van der Waals surface area contributed by atoms with Crippen LogP contribution in [-0.2, 0) is 11.3 Å². The first-order valence-corrected chi connectivity index (χ1v) is 9.56. The zero-order valence-corrected chi connectivity index (χ0v) is 15.7. The molecular formula is C22H20N4O3. The summed E-state index contributed by atoms with van der Waals surface area (Å²) in [5.41, 5.74) is 3.37. The van der Waals surface area contributed by atoms with Crippen molar-refractivity contribution in [2.45, 2.75) is 19.1 Å². The zero-order chi connectivity index (χ0) is 19.5. The van der Waals surface area contributed by atoms with E-state index in [9.17, 15) is 0 Å². The van der Waals surface area contributed by atoms with Gasteiger partial charge in [0.15, 0.2) is 5.65 Å². The van der Waals surface area contributed by atoms with Crippen molar-refractivity contribution in [3.63, 3.8) is 0 Å². The molecule has 1 aliphatic rings. The first-order chi connectivity index (χ1) is 14.3. The molecular weight excluding hydrogens is 368 g/mol. The van der Waals surface area contributed by atoms with Gasteiger partial charge in [0.25, 0.3) is 0 Å². The summed E-state index contributed by atoms with van der Waals surface area (Å²) in [4.78, 5) is 16.1. The van der Waals surface area contributed by atoms with Crippen molar-refractivity contribution in [1.82, 2.24) is 19.9 Å². The number of nitrogens with one attached hydrogen (secondary N) is 1. The lowest BCUT2D eigenvalue weighted by Gasteiger charge is -2.15. The van der Waals surface area contributed by atoms with Crippen molar-refractivity contribution in [2.75, 3.05) is 13.2 Å². The van der Waals surface area contributed by atoms with Gasteiger partial charge in [-0.2, -0.15) is 0 Å². The van der Waals surface area contributed by atoms with E-state index in [1.807, 2.05) is 48.5 Å². The number of H-pyrrole nitrogens is 1. The highest BCUT2D eigenvalue weighted by Crippen LogP contribution is 2.31. The predicted octanol–water partition coefficient (Wildman–Crippen LogP) is 3.77. The van der Waals surface area contributed by atoms with E-state index in [0.717, 1.165) is 35.4 Å². The van der Waals surface area contributed by atoms with Crippen LogP contribution in [0.25, 0.3) is 22.6 Å². The second-order valence-corrected chi connectivity index (χ2v) is 6.92. The molecule has 5 rings (SSSR count). The van der Waals surface area contributed by atoms with Crippen molar-refractivity contribution in [1.29, 1.82) is 0 Å². The third kappa shape index (κ3) is 4.05. The standard InChI is InChI=1S/C22H20N4O3/c1-2-4-15(5-3-1)12-28-18-8-16(9-19(10-18)29-17-6-7-27-13-17)21-25-20-11-23-14-24-22(20)26-21/h1-5,8-11,14,17H,6-7,12-13H2,(H,23,24,25,26). The fourth-order valence-electron chi connectivity index (χ4n) is 3.30. The highest BCUT2D eigenvalue weighted by molar-refractivity contribution is 5.75. The molecule has 0 saturated carbocycles. The summed E-state index contributed by atoms with van der Waals surface area (Å²) in [5.74, 6) is 2.14. The molecule has 1 N–H and O–H groups in total. The number of rotatable bonds is 6. The van der Waals surface area contributed by atoms with Gasteiger partial charge in [-0.05, 0) is 17.7 Å². The zero-order valence-electron chi connectivity index (χ0n) is 15.7. The molecule has 7 nitrogen and oxygen atoms in total. The average Bonchev–Trinajstić information content (AvgIpc) is 3.42. The summed E-state index contributed by atoms with van der Waals surface area (Å²) in [6.45, 7) is 1.80. The van der Waals surface area contributed by atoms with E-state index in [0.29, 0.717) is 30.4 Å². The number of benzene rings is 2. The Bertz CT molecular complexity index is 1070. The molecule has 2 aromatic heterocycles. The Morgan fingerprint density at radius 1 is 1.10 bits per heavy atom. The lowest BCUT2D eigenvalue weighted by atomic mass is 10.2. The van der Waals surface area contributed by atoms with Gasteiger partial charge in [-0.15, -0.1) is 0 Å². The number of ether oxygens (including phenoxy) is 3. The van der Waals surface area contributed by atoms with E-state index in [1.54, 1.807) is 6.20 Å². The summed E-state index contributed by atoms with van der Waals surface area (Å²) in [6.07, 6.45) is 4.13. The number of nitrogens with zero attached hydrogens (tertiary/aromatic N) is 3. The topological polar surface area (TPSA) is 82.2 Å². The number of imidazole rings is 1. The molecule has 0 spiro atoms. The quantitative estimate of drug-likeness (QED) is 0.541. The van der Waals surface area contributed by atoms with Gasteiger partial charge in [-0.25, -0.2) is 15.0 Å². The minimum atomic E-state index is 0.0498. The normalized spacial score (nSPS) is 16.2. The van der Waals surface area contributed by atoms with Crippen LogP contribution in [0.4, 0.5) is 0 Å². The Kier molecular flexibility index (Phi) is 4.80. The highest BCUT2D eigenvalue weighted by Gasteiger charge is 2.18. The van der Waals surface area contributed by atoms with Crippen LogP contribution in [0.5, 0.6) is 11.5 Å². The third-order valence-electron chi connectivity index (χ3n) is 4.75. The van der Waals surface area contributed by atoms with Gasteiger partial charge in [0.2, 0.25) is 0 Å². The summed E-state index contributed by atoms with van der Waals surface area (Å²) < 4.78 is 17.6. The van der Waals surface area contributed by atoms with Gasteiger partial charge in [0, 0.05) is 18.1 Å². The van der Waals surface area contributed by atoms with E-state index >= 15 is 0 Å². The van der Waals surface area contributed by atoms with Gasteiger partial charge in [-0.3, -0.25) is 0 Å². The van der Waals surface area contributed by atoms with Crippen LogP contribution >= 0.6 is 0 Å². The second kappa shape index (κ2) is 7.89. The lowest BCUT2D eigenvalue weighted by molar-refractivity contribution is 0.141. The first-order valence-electron chi connectivity index (χ1n) is 9.56. The summed E-state index contributed by atoms with van der Waals surface area (Å²) in [5, 5.41) is 0. The molecule has 0 radical (unpaired) electrons. The maximum atomic E-state index is 6.13. The van der Waals surface area contributed by atoms with Crippen LogP contribution in [0, 0.1) is 0 Å². The number of fused-ring (bicyclic) bond motifs is 1. The van der Waals surface area contributed by atoms with Crippen LogP contribution in [0.2, 0.25) is 0 Å². The smallest absolute Gasteiger partial charge is 0.181 e. The first kappa shape index (κ1) is 17.6. The molecule has 0 aliphatic carbocycles. The Labute approximate surface area is 167 Å². The SMILES string of the molecule is c1ccc(COc2cc(OC3CCOC3)cc(-c3nc4ncncc4[nH]3)c2)cc1. The number of aromatic nitrogens is 4. The van der Waals surface area contributed by atoms with Crippen molar-refractivity contribution in [3.05, 3.63) is 66.6 Å². The fourth-order valence-corrected chi connectivity index (χ4v) is 3.30. The number of aromatic amines is 1. The molecule has 4 aromatic rings. The Morgan fingerprint density at radius 2 is 2.00 bits per heavy atom. The van der Waals surface area contributed by atoms with E-state index < -0.39 is 0 Å². The maximum Gasteiger partial charge on any atom is 0.181 e. The minimum Gasteiger partial charge on any atom is -0.489 e. The number of hydrogen-bond acceptors (Lipinski definition) is 6. The summed E-state index contributed by atoms with van der Waals surface area (Å²) in [6, 6.07) is 15.9. The van der Waals surface area contributed by atoms with Gasteiger partial charge in [-0.1, -0.05) is 30.3 Å². The van der Waals surface area contributed by atoms with E-state index in [-0.39, 0.29) is 6.10 Å². The number of hydrogen-bond donors (Lipinski definition) is 1. The Hall–Kier alpha value is -3.45. The van der Waals surface area contributed by atoms with Crippen molar-refractivity contribution < 1.29 is 14.2 Å². The molecule has 0 amide bonds. The molecule has 1 saturated heterocycles. The molecule has 1 fully saturated rings. The molecule has 7 heteroatoms. The van der Waals surface area contributed by atoms with Crippen LogP contribution in [-0.4, -0.2) is 39.3 Å². The second-order valence-electron chi connectivity index (χ2n) is 6.92. The maximum absolute atomic E-state index is 6.13. The molecule has 1 unspecified atom stereocenters. The van der Waals surface area contributed by atoms with E-state index in [4.69, 9.17) is 14.2 Å². The summed E-state index contributed by atoms with van der Waals surface area (Å²) in [7, 11) is 0. The molecule has 3 heterocycles. The van der Waals surface area contributed by atoms with Gasteiger partial charge >= 0.3 is 0 Å². The van der Waals surface area contributed by atoms with Crippen molar-refractivity contribution in [3.8, 4) is 22.9 Å². The lowest BCUT2D eigenvalue weighted by Crippen LogP contribution is -2.15. The molecule has 0 bridgehead atoms. The highest BCUT2D eigenvalue weighted by atomic mass is 16.5. The minimum absolute atomic E-state index is 0.0498. The van der Waals surface area contributed by atoms with E-state index in [2.05, 4.69) is 19.9 Å². The van der Waals surface area contributed by atoms with Gasteiger partial charge < -0.3 is 19.2 Å². The van der Waals surface area contributed by atoms with Gasteiger partial charge in [0.05, 0.1) is 19.4 Å². The van der Waals surface area contributed by atoms with Crippen LogP contribution in [0.1, 0.15) is 12.0 Å². The molecule has 146 valence electrons.